The third-order valence-corrected chi connectivity index (χ3v) is 6.77. The number of likely N-dealkylation sites (tertiary alicyclic amines) is 1. The summed E-state index contributed by atoms with van der Waals surface area (Å²) in [4.78, 5) is 41.0. The molecule has 2 atom stereocenters. The Morgan fingerprint density at radius 3 is 2.41 bits per heavy atom. The van der Waals surface area contributed by atoms with Crippen LogP contribution in [0.2, 0.25) is 0 Å². The molecule has 0 saturated carbocycles. The topological polar surface area (TPSA) is 86.5 Å². The van der Waals surface area contributed by atoms with Gasteiger partial charge in [-0.3, -0.25) is 24.6 Å². The molecule has 4 aliphatic heterocycles. The standard InChI is InChI=1S/C27H29N5O2/c1-16(2)24(31-17(3)33)27(34)32-11-7-10-23(32)22-12-19(13-28-22)26-21-15-29-25(20(21)14-30-26)18-8-5-4-6-9-18/h4-6,8-9,13-16,23-24H,7,10-12H2,1-3H3,(H,31,33)/t23?,24-/m0/s1. The van der Waals surface area contributed by atoms with Gasteiger partial charge in [0.1, 0.15) is 6.04 Å². The first-order chi connectivity index (χ1) is 16.4. The quantitative estimate of drug-likeness (QED) is 0.711. The second kappa shape index (κ2) is 8.97. The molecule has 7 heteroatoms. The van der Waals surface area contributed by atoms with Crippen LogP contribution in [0.5, 0.6) is 0 Å². The van der Waals surface area contributed by atoms with Crippen LogP contribution in [0.3, 0.4) is 0 Å². The van der Waals surface area contributed by atoms with E-state index in [1.54, 1.807) is 0 Å². The Labute approximate surface area is 199 Å². The summed E-state index contributed by atoms with van der Waals surface area (Å²) >= 11 is 0. The molecule has 1 aromatic carbocycles. The summed E-state index contributed by atoms with van der Waals surface area (Å²) in [5.41, 5.74) is 7.06. The summed E-state index contributed by atoms with van der Waals surface area (Å²) in [5, 5.41) is 2.83. The summed E-state index contributed by atoms with van der Waals surface area (Å²) in [7, 11) is 0. The summed E-state index contributed by atoms with van der Waals surface area (Å²) in [6.07, 6.45) is 8.16. The van der Waals surface area contributed by atoms with Crippen molar-refractivity contribution in [2.75, 3.05) is 6.54 Å². The lowest BCUT2D eigenvalue weighted by atomic mass is 9.92. The van der Waals surface area contributed by atoms with E-state index in [0.29, 0.717) is 13.0 Å². The number of nitrogens with one attached hydrogen (secondary N) is 1. The van der Waals surface area contributed by atoms with Gasteiger partial charge in [-0.25, -0.2) is 0 Å². The smallest absolute Gasteiger partial charge is 0.245 e. The number of rotatable bonds is 6. The van der Waals surface area contributed by atoms with Crippen molar-refractivity contribution in [1.29, 1.82) is 0 Å². The Bertz CT molecular complexity index is 1220. The minimum absolute atomic E-state index is 0.0160. The number of hydrogen-bond acceptors (Lipinski definition) is 5. The summed E-state index contributed by atoms with van der Waals surface area (Å²) in [6.45, 7) is 6.06. The van der Waals surface area contributed by atoms with Gasteiger partial charge < -0.3 is 10.2 Å². The zero-order valence-corrected chi connectivity index (χ0v) is 19.8. The molecule has 1 unspecified atom stereocenters. The van der Waals surface area contributed by atoms with Gasteiger partial charge in [0.05, 0.1) is 17.5 Å². The highest BCUT2D eigenvalue weighted by Crippen LogP contribution is 2.35. The molecule has 7 nitrogen and oxygen atoms in total. The number of nitrogens with zero attached hydrogens (tertiary/aromatic N) is 4. The van der Waals surface area contributed by atoms with Crippen molar-refractivity contribution in [3.05, 3.63) is 71.2 Å². The highest BCUT2D eigenvalue weighted by Gasteiger charge is 2.39. The third-order valence-electron chi connectivity index (χ3n) is 6.77. The summed E-state index contributed by atoms with van der Waals surface area (Å²) < 4.78 is 0. The van der Waals surface area contributed by atoms with Crippen molar-refractivity contribution >= 4 is 28.9 Å². The van der Waals surface area contributed by atoms with Gasteiger partial charge in [-0.15, -0.1) is 0 Å². The van der Waals surface area contributed by atoms with E-state index in [0.717, 1.165) is 52.3 Å². The van der Waals surface area contributed by atoms with Crippen LogP contribution in [0, 0.1) is 5.92 Å². The predicted octanol–water partition coefficient (Wildman–Crippen LogP) is 3.59. The van der Waals surface area contributed by atoms with Crippen molar-refractivity contribution in [2.24, 2.45) is 20.9 Å². The van der Waals surface area contributed by atoms with E-state index in [1.807, 2.05) is 55.5 Å². The van der Waals surface area contributed by atoms with Crippen LogP contribution >= 0.6 is 0 Å². The van der Waals surface area contributed by atoms with Crippen LogP contribution in [0.15, 0.2) is 80.6 Å². The zero-order chi connectivity index (χ0) is 23.8. The van der Waals surface area contributed by atoms with Gasteiger partial charge in [0, 0.05) is 66.5 Å². The molecule has 0 aliphatic carbocycles. The van der Waals surface area contributed by atoms with Crippen molar-refractivity contribution < 1.29 is 9.59 Å². The fourth-order valence-corrected chi connectivity index (χ4v) is 5.08. The normalized spacial score (nSPS) is 22.0. The van der Waals surface area contributed by atoms with Gasteiger partial charge in [-0.05, 0) is 18.8 Å². The number of aliphatic imine (C=N–C) groups is 3. The average Bonchev–Trinajstić information content (AvgIpc) is 3.60. The SMILES string of the molecule is CC(=O)N[C@H](C(=O)N1CCCC1C1=NC=C(C2=NC=C3C2=CN=C3c2ccccc2)C1)C(C)C. The van der Waals surface area contributed by atoms with E-state index in [1.165, 1.54) is 6.92 Å². The zero-order valence-electron chi connectivity index (χ0n) is 19.8. The first kappa shape index (κ1) is 22.2. The summed E-state index contributed by atoms with van der Waals surface area (Å²) in [6, 6.07) is 9.57. The maximum atomic E-state index is 13.3. The fourth-order valence-electron chi connectivity index (χ4n) is 5.08. The molecule has 1 fully saturated rings. The molecule has 1 N–H and O–H groups in total. The van der Waals surface area contributed by atoms with Gasteiger partial charge >= 0.3 is 0 Å². The number of carbonyl (C=O) groups is 2. The molecule has 34 heavy (non-hydrogen) atoms. The first-order valence-electron chi connectivity index (χ1n) is 11.9. The second-order valence-corrected chi connectivity index (χ2v) is 9.47. The Morgan fingerprint density at radius 2 is 1.71 bits per heavy atom. The molecule has 0 radical (unpaired) electrons. The molecule has 0 aromatic heterocycles. The van der Waals surface area contributed by atoms with Crippen LogP contribution in [0.25, 0.3) is 0 Å². The van der Waals surface area contributed by atoms with E-state index in [2.05, 4.69) is 22.4 Å². The number of allylic oxidation sites excluding steroid dienone is 3. The molecule has 1 aromatic rings. The van der Waals surface area contributed by atoms with E-state index >= 15 is 0 Å². The highest BCUT2D eigenvalue weighted by molar-refractivity contribution is 6.31. The predicted molar refractivity (Wildman–Crippen MR) is 134 cm³/mol. The number of hydrogen-bond donors (Lipinski definition) is 1. The van der Waals surface area contributed by atoms with Crippen molar-refractivity contribution in [3.63, 3.8) is 0 Å². The minimum atomic E-state index is -0.518. The van der Waals surface area contributed by atoms with Crippen molar-refractivity contribution in [3.8, 4) is 0 Å². The molecule has 174 valence electrons. The Kier molecular flexibility index (Phi) is 5.86. The van der Waals surface area contributed by atoms with Crippen LogP contribution in [-0.4, -0.2) is 52.5 Å². The monoisotopic (exact) mass is 455 g/mol. The van der Waals surface area contributed by atoms with Crippen molar-refractivity contribution in [1.82, 2.24) is 10.2 Å². The Hall–Kier alpha value is -3.61. The summed E-state index contributed by atoms with van der Waals surface area (Å²) in [5.74, 6) is -0.192. The molecule has 0 spiro atoms. The lowest BCUT2D eigenvalue weighted by Gasteiger charge is -2.31. The molecule has 2 amide bonds. The van der Waals surface area contributed by atoms with E-state index in [-0.39, 0.29) is 23.8 Å². The maximum Gasteiger partial charge on any atom is 0.245 e. The largest absolute Gasteiger partial charge is 0.344 e. The van der Waals surface area contributed by atoms with Gasteiger partial charge in [0.15, 0.2) is 0 Å². The van der Waals surface area contributed by atoms with Gasteiger partial charge in [0.25, 0.3) is 0 Å². The van der Waals surface area contributed by atoms with Gasteiger partial charge in [-0.2, -0.15) is 0 Å². The Morgan fingerprint density at radius 1 is 1.00 bits per heavy atom. The minimum Gasteiger partial charge on any atom is -0.344 e. The molecule has 1 saturated heterocycles. The van der Waals surface area contributed by atoms with Crippen LogP contribution in [-0.2, 0) is 9.59 Å². The number of fused-ring (bicyclic) bond motifs is 1. The molecule has 0 bridgehead atoms. The van der Waals surface area contributed by atoms with E-state index < -0.39 is 6.04 Å². The molecule has 5 rings (SSSR count). The lowest BCUT2D eigenvalue weighted by molar-refractivity contribution is -0.137. The first-order valence-corrected chi connectivity index (χ1v) is 11.9. The lowest BCUT2D eigenvalue weighted by Crippen LogP contribution is -2.53. The average molecular weight is 456 g/mol. The maximum absolute atomic E-state index is 13.3. The van der Waals surface area contributed by atoms with E-state index in [9.17, 15) is 9.59 Å². The van der Waals surface area contributed by atoms with E-state index in [4.69, 9.17) is 9.98 Å². The van der Waals surface area contributed by atoms with Crippen molar-refractivity contribution in [2.45, 2.75) is 52.1 Å². The number of carbonyl (C=O) groups excluding carboxylic acids is 2. The number of amides is 2. The Balaban J connectivity index is 1.26. The number of benzene rings is 1. The molecule has 4 aliphatic rings. The second-order valence-electron chi connectivity index (χ2n) is 9.47. The highest BCUT2D eigenvalue weighted by atomic mass is 16.2. The van der Waals surface area contributed by atoms with Crippen LogP contribution < -0.4 is 5.32 Å². The molecular weight excluding hydrogens is 426 g/mol. The van der Waals surface area contributed by atoms with Gasteiger partial charge in [-0.1, -0.05) is 44.2 Å². The van der Waals surface area contributed by atoms with Gasteiger partial charge in [0.2, 0.25) is 11.8 Å². The van der Waals surface area contributed by atoms with Crippen LogP contribution in [0.1, 0.15) is 45.6 Å². The molecule has 4 heterocycles. The molecular formula is C27H29N5O2. The fraction of sp³-hybridized carbons (Fsp3) is 0.370. The third kappa shape index (κ3) is 3.95. The van der Waals surface area contributed by atoms with Crippen LogP contribution in [0.4, 0.5) is 0 Å².